The van der Waals surface area contributed by atoms with Gasteiger partial charge in [-0.05, 0) is 12.1 Å². The van der Waals surface area contributed by atoms with E-state index >= 15 is 0 Å². The molecule has 1 aromatic carbocycles. The number of carboxylic acid groups (broad SMARTS) is 1. The van der Waals surface area contributed by atoms with E-state index in [0.29, 0.717) is 6.92 Å². The highest BCUT2D eigenvalue weighted by Crippen LogP contribution is 2.37. The van der Waals surface area contributed by atoms with Crippen molar-refractivity contribution >= 4 is 23.3 Å². The lowest BCUT2D eigenvalue weighted by Crippen LogP contribution is -2.42. The number of carboxylic acids is 1. The van der Waals surface area contributed by atoms with Gasteiger partial charge in [-0.1, -0.05) is 6.07 Å². The predicted octanol–water partition coefficient (Wildman–Crippen LogP) is 2.30. The highest BCUT2D eigenvalue weighted by Gasteiger charge is 2.43. The average Bonchev–Trinajstić information content (AvgIpc) is 2.26. The monoisotopic (exact) mass is 276 g/mol. The fraction of sp³-hybridized carbons (Fsp3) is 0.273. The van der Waals surface area contributed by atoms with Gasteiger partial charge in [0.15, 0.2) is 0 Å². The Hall–Kier alpha value is -2.25. The summed E-state index contributed by atoms with van der Waals surface area (Å²) in [4.78, 5) is 21.7. The topological polar surface area (TPSA) is 69.6 Å². The standard InChI is InChI=1S/C11H11F3N2O3/c1-6(17)16(11(12,13)14)9-7(10(18)19)4-3-5-8(9)15-2/h3-5,15H,1-2H3,(H,18,19). The third kappa shape index (κ3) is 2.95. The Kier molecular flexibility index (Phi) is 4.03. The van der Waals surface area contributed by atoms with Gasteiger partial charge in [0.05, 0.1) is 16.9 Å². The molecule has 0 aliphatic carbocycles. The number of aromatic carboxylic acids is 1. The third-order valence-corrected chi connectivity index (χ3v) is 2.33. The molecule has 19 heavy (non-hydrogen) atoms. The van der Waals surface area contributed by atoms with Gasteiger partial charge in [-0.3, -0.25) is 4.79 Å². The lowest BCUT2D eigenvalue weighted by Gasteiger charge is -2.27. The molecule has 1 rings (SSSR count). The first-order valence-corrected chi connectivity index (χ1v) is 5.11. The number of anilines is 2. The molecule has 0 saturated heterocycles. The minimum atomic E-state index is -5.01. The molecule has 104 valence electrons. The fourth-order valence-corrected chi connectivity index (χ4v) is 1.62. The number of carbonyl (C=O) groups excluding carboxylic acids is 1. The number of nitrogens with zero attached hydrogens (tertiary/aromatic N) is 1. The lowest BCUT2D eigenvalue weighted by molar-refractivity contribution is -0.148. The van der Waals surface area contributed by atoms with Gasteiger partial charge in [-0.25, -0.2) is 9.69 Å². The smallest absolute Gasteiger partial charge is 0.478 e. The summed E-state index contributed by atoms with van der Waals surface area (Å²) in [5.74, 6) is -2.87. The molecule has 0 atom stereocenters. The van der Waals surface area contributed by atoms with Crippen LogP contribution in [-0.2, 0) is 4.79 Å². The van der Waals surface area contributed by atoms with Crippen molar-refractivity contribution in [3.05, 3.63) is 23.8 Å². The Morgan fingerprint density at radius 3 is 2.26 bits per heavy atom. The summed E-state index contributed by atoms with van der Waals surface area (Å²) in [7, 11) is 1.33. The Labute approximate surface area is 106 Å². The highest BCUT2D eigenvalue weighted by molar-refractivity contribution is 6.05. The Morgan fingerprint density at radius 1 is 1.32 bits per heavy atom. The molecule has 0 fully saturated rings. The number of para-hydroxylation sites is 1. The largest absolute Gasteiger partial charge is 0.491 e. The summed E-state index contributed by atoms with van der Waals surface area (Å²) in [6.07, 6.45) is -5.01. The van der Waals surface area contributed by atoms with Gasteiger partial charge in [0.25, 0.3) is 0 Å². The number of carbonyl (C=O) groups is 2. The van der Waals surface area contributed by atoms with Crippen LogP contribution >= 0.6 is 0 Å². The molecular formula is C11H11F3N2O3. The van der Waals surface area contributed by atoms with Crippen LogP contribution in [0.5, 0.6) is 0 Å². The molecule has 5 nitrogen and oxygen atoms in total. The van der Waals surface area contributed by atoms with Crippen molar-refractivity contribution in [2.75, 3.05) is 17.3 Å². The van der Waals surface area contributed by atoms with Crippen LogP contribution in [0.15, 0.2) is 18.2 Å². The van der Waals surface area contributed by atoms with E-state index in [2.05, 4.69) is 5.32 Å². The number of hydrogen-bond donors (Lipinski definition) is 2. The van der Waals surface area contributed by atoms with Crippen molar-refractivity contribution in [3.63, 3.8) is 0 Å². The number of benzene rings is 1. The van der Waals surface area contributed by atoms with Crippen LogP contribution in [-0.4, -0.2) is 30.3 Å². The average molecular weight is 276 g/mol. The van der Waals surface area contributed by atoms with Crippen molar-refractivity contribution in [1.82, 2.24) is 0 Å². The summed E-state index contributed by atoms with van der Waals surface area (Å²) in [5.41, 5.74) is -1.44. The fourth-order valence-electron chi connectivity index (χ4n) is 1.62. The highest BCUT2D eigenvalue weighted by atomic mass is 19.4. The summed E-state index contributed by atoms with van der Waals surface area (Å²) >= 11 is 0. The van der Waals surface area contributed by atoms with Crippen LogP contribution in [0.25, 0.3) is 0 Å². The van der Waals surface area contributed by atoms with Crippen molar-refractivity contribution in [2.45, 2.75) is 13.2 Å². The number of halogens is 3. The van der Waals surface area contributed by atoms with E-state index in [4.69, 9.17) is 5.11 Å². The Balaban J connectivity index is 3.61. The van der Waals surface area contributed by atoms with Crippen molar-refractivity contribution in [2.24, 2.45) is 0 Å². The number of amides is 1. The van der Waals surface area contributed by atoms with Gasteiger partial charge in [0, 0.05) is 14.0 Å². The van der Waals surface area contributed by atoms with E-state index in [1.165, 1.54) is 19.2 Å². The van der Waals surface area contributed by atoms with Gasteiger partial charge in [-0.2, -0.15) is 0 Å². The second-order valence-corrected chi connectivity index (χ2v) is 3.58. The van der Waals surface area contributed by atoms with Gasteiger partial charge in [-0.15, -0.1) is 13.2 Å². The number of hydrogen-bond acceptors (Lipinski definition) is 3. The third-order valence-electron chi connectivity index (χ3n) is 2.33. The molecule has 0 spiro atoms. The van der Waals surface area contributed by atoms with Crippen LogP contribution in [0.4, 0.5) is 24.5 Å². The zero-order chi connectivity index (χ0) is 14.8. The molecule has 0 saturated carbocycles. The molecule has 0 unspecified atom stereocenters. The maximum Gasteiger partial charge on any atom is 0.491 e. The van der Waals surface area contributed by atoms with E-state index in [0.717, 1.165) is 6.07 Å². The second-order valence-electron chi connectivity index (χ2n) is 3.58. The van der Waals surface area contributed by atoms with Crippen LogP contribution in [0.2, 0.25) is 0 Å². The minimum absolute atomic E-state index is 0.104. The van der Waals surface area contributed by atoms with Crippen LogP contribution in [0, 0.1) is 0 Å². The zero-order valence-corrected chi connectivity index (χ0v) is 10.1. The van der Waals surface area contributed by atoms with Crippen molar-refractivity contribution in [3.8, 4) is 0 Å². The lowest BCUT2D eigenvalue weighted by atomic mass is 10.1. The molecule has 0 bridgehead atoms. The van der Waals surface area contributed by atoms with Crippen LogP contribution in [0.3, 0.4) is 0 Å². The normalized spacial score (nSPS) is 11.0. The molecule has 1 aromatic rings. The van der Waals surface area contributed by atoms with E-state index < -0.39 is 34.3 Å². The first kappa shape index (κ1) is 14.8. The molecule has 8 heteroatoms. The number of rotatable bonds is 3. The van der Waals surface area contributed by atoms with Crippen LogP contribution in [0.1, 0.15) is 17.3 Å². The molecular weight excluding hydrogens is 265 g/mol. The summed E-state index contributed by atoms with van der Waals surface area (Å²) in [6, 6.07) is 3.54. The quantitative estimate of drug-likeness (QED) is 0.831. The summed E-state index contributed by atoms with van der Waals surface area (Å²) in [5, 5.41) is 11.4. The van der Waals surface area contributed by atoms with Crippen LogP contribution < -0.4 is 10.2 Å². The summed E-state index contributed by atoms with van der Waals surface area (Å²) < 4.78 is 38.7. The first-order chi connectivity index (χ1) is 8.70. The Bertz CT molecular complexity index is 514. The number of nitrogens with one attached hydrogen (secondary N) is 1. The van der Waals surface area contributed by atoms with Gasteiger partial charge >= 0.3 is 12.3 Å². The van der Waals surface area contributed by atoms with Gasteiger partial charge < -0.3 is 10.4 Å². The van der Waals surface area contributed by atoms with Gasteiger partial charge in [0.1, 0.15) is 0 Å². The molecule has 2 N–H and O–H groups in total. The van der Waals surface area contributed by atoms with Gasteiger partial charge in [0.2, 0.25) is 5.91 Å². The van der Waals surface area contributed by atoms with Crippen molar-refractivity contribution in [1.29, 1.82) is 0 Å². The molecule has 0 radical (unpaired) electrons. The molecule has 0 heterocycles. The number of alkyl halides is 3. The predicted molar refractivity (Wildman–Crippen MR) is 62.2 cm³/mol. The molecule has 0 aromatic heterocycles. The molecule has 0 aliphatic rings. The zero-order valence-electron chi connectivity index (χ0n) is 10.1. The van der Waals surface area contributed by atoms with E-state index in [1.54, 1.807) is 0 Å². The van der Waals surface area contributed by atoms with E-state index in [1.807, 2.05) is 0 Å². The van der Waals surface area contributed by atoms with E-state index in [9.17, 15) is 22.8 Å². The first-order valence-electron chi connectivity index (χ1n) is 5.11. The SMILES string of the molecule is CNc1cccc(C(=O)O)c1N(C(C)=O)C(F)(F)F. The Morgan fingerprint density at radius 2 is 1.89 bits per heavy atom. The van der Waals surface area contributed by atoms with E-state index in [-0.39, 0.29) is 5.69 Å². The minimum Gasteiger partial charge on any atom is -0.478 e. The van der Waals surface area contributed by atoms with Crippen molar-refractivity contribution < 1.29 is 27.9 Å². The molecule has 0 aliphatic heterocycles. The maximum atomic E-state index is 12.9. The summed E-state index contributed by atoms with van der Waals surface area (Å²) in [6.45, 7) is 0.714. The second kappa shape index (κ2) is 5.17. The molecule has 1 amide bonds. The maximum absolute atomic E-state index is 12.9.